The van der Waals surface area contributed by atoms with E-state index in [0.29, 0.717) is 11.5 Å². The molecule has 5 nitrogen and oxygen atoms in total. The van der Waals surface area contributed by atoms with Gasteiger partial charge in [-0.05, 0) is 93.0 Å². The molecule has 2 atom stereocenters. The van der Waals surface area contributed by atoms with Crippen LogP contribution in [-0.2, 0) is 5.41 Å². The highest BCUT2D eigenvalue weighted by atomic mass is 35.5. The van der Waals surface area contributed by atoms with Crippen molar-refractivity contribution in [2.75, 3.05) is 33.9 Å². The van der Waals surface area contributed by atoms with E-state index in [9.17, 15) is 14.8 Å². The van der Waals surface area contributed by atoms with Gasteiger partial charge >= 0.3 is 0 Å². The number of unbranched alkanes of at least 4 members (excludes halogenated alkanes) is 10. The van der Waals surface area contributed by atoms with Gasteiger partial charge in [0.15, 0.2) is 11.5 Å². The van der Waals surface area contributed by atoms with E-state index in [1.165, 1.54) is 57.1 Å². The number of nitrogens with zero attached hydrogens (tertiary/aromatic N) is 2. The Kier molecular flexibility index (Phi) is 18.5. The van der Waals surface area contributed by atoms with Gasteiger partial charge in [0, 0.05) is 0 Å². The van der Waals surface area contributed by atoms with Crippen molar-refractivity contribution >= 4 is 12.4 Å². The zero-order chi connectivity index (χ0) is 31.6. The molecular formula is C38H58ClFN2O3. The summed E-state index contributed by atoms with van der Waals surface area (Å²) in [5, 5.41) is 21.3. The second-order valence-electron chi connectivity index (χ2n) is 12.8. The van der Waals surface area contributed by atoms with E-state index in [-0.39, 0.29) is 24.1 Å². The van der Waals surface area contributed by atoms with Crippen LogP contribution in [0.4, 0.5) is 4.39 Å². The molecule has 45 heavy (non-hydrogen) atoms. The number of rotatable bonds is 21. The summed E-state index contributed by atoms with van der Waals surface area (Å²) in [6, 6.07) is 15.0. The summed E-state index contributed by atoms with van der Waals surface area (Å²) in [6.07, 6.45) is 17.7. The molecule has 0 bridgehead atoms. The van der Waals surface area contributed by atoms with Crippen LogP contribution < -0.4 is 9.47 Å². The molecule has 1 saturated heterocycles. The van der Waals surface area contributed by atoms with Crippen LogP contribution in [-0.4, -0.2) is 43.9 Å². The quantitative estimate of drug-likeness (QED) is 0.137. The highest BCUT2D eigenvalue weighted by Crippen LogP contribution is 2.40. The van der Waals surface area contributed by atoms with Gasteiger partial charge in [0.05, 0.1) is 31.8 Å². The van der Waals surface area contributed by atoms with Crippen LogP contribution in [0.25, 0.3) is 0 Å². The maximum Gasteiger partial charge on any atom is 0.161 e. The van der Waals surface area contributed by atoms with Crippen LogP contribution in [0.3, 0.4) is 0 Å². The standard InChI is InChI=1S/C38H57FN2O3.ClH/c1-4-5-6-7-8-9-10-13-24-38(30-40,33-18-21-35(43-2)36(29-33)44-3)25-14-11-12-15-26-41-27-22-32(23-28-41)37(42)31-16-19-34(39)20-17-31;/h16-21,29,32,37,42H,4-15,22-28H2,1-3H3;1H. The summed E-state index contributed by atoms with van der Waals surface area (Å²) in [4.78, 5) is 2.51. The normalized spacial score (nSPS) is 15.9. The van der Waals surface area contributed by atoms with Crippen molar-refractivity contribution in [1.82, 2.24) is 4.90 Å². The molecule has 2 aromatic rings. The fourth-order valence-corrected chi connectivity index (χ4v) is 6.82. The smallest absolute Gasteiger partial charge is 0.161 e. The predicted octanol–water partition coefficient (Wildman–Crippen LogP) is 9.95. The highest BCUT2D eigenvalue weighted by Gasteiger charge is 2.32. The number of nitriles is 1. The molecule has 2 aromatic carbocycles. The Morgan fingerprint density at radius 3 is 1.96 bits per heavy atom. The van der Waals surface area contributed by atoms with Crippen molar-refractivity contribution in [2.45, 2.75) is 121 Å². The average Bonchev–Trinajstić information content (AvgIpc) is 3.06. The summed E-state index contributed by atoms with van der Waals surface area (Å²) in [5.41, 5.74) is 1.36. The molecule has 0 spiro atoms. The minimum absolute atomic E-state index is 0. The molecule has 0 aromatic heterocycles. The van der Waals surface area contributed by atoms with Crippen molar-refractivity contribution < 1.29 is 19.0 Å². The van der Waals surface area contributed by atoms with E-state index < -0.39 is 11.5 Å². The van der Waals surface area contributed by atoms with Crippen molar-refractivity contribution in [2.24, 2.45) is 5.92 Å². The Balaban J connectivity index is 0.00000705. The fraction of sp³-hybridized carbons (Fsp3) is 0.658. The summed E-state index contributed by atoms with van der Waals surface area (Å²) in [5.74, 6) is 1.35. The lowest BCUT2D eigenvalue weighted by Crippen LogP contribution is -2.36. The Morgan fingerprint density at radius 2 is 1.40 bits per heavy atom. The lowest BCUT2D eigenvalue weighted by Gasteiger charge is -2.34. The van der Waals surface area contributed by atoms with Gasteiger partial charge < -0.3 is 19.5 Å². The summed E-state index contributed by atoms with van der Waals surface area (Å²) >= 11 is 0. The first-order valence-corrected chi connectivity index (χ1v) is 17.3. The van der Waals surface area contributed by atoms with Crippen LogP contribution >= 0.6 is 12.4 Å². The topological polar surface area (TPSA) is 65.7 Å². The van der Waals surface area contributed by atoms with Gasteiger partial charge in [-0.2, -0.15) is 5.26 Å². The first kappa shape index (κ1) is 38.9. The average molecular weight is 645 g/mol. The number of benzene rings is 2. The predicted molar refractivity (Wildman–Crippen MR) is 185 cm³/mol. The molecule has 0 amide bonds. The van der Waals surface area contributed by atoms with Crippen LogP contribution in [0.2, 0.25) is 0 Å². The highest BCUT2D eigenvalue weighted by molar-refractivity contribution is 5.85. The van der Waals surface area contributed by atoms with Crippen molar-refractivity contribution in [1.29, 1.82) is 5.26 Å². The summed E-state index contributed by atoms with van der Waals surface area (Å²) < 4.78 is 24.3. The minimum atomic E-state index is -0.519. The number of likely N-dealkylation sites (tertiary alicyclic amines) is 1. The van der Waals surface area contributed by atoms with E-state index in [0.717, 1.165) is 88.5 Å². The number of hydrogen-bond donors (Lipinski definition) is 1. The van der Waals surface area contributed by atoms with Crippen LogP contribution in [0, 0.1) is 23.1 Å². The molecule has 3 rings (SSSR count). The molecule has 7 heteroatoms. The van der Waals surface area contributed by atoms with Gasteiger partial charge in [-0.15, -0.1) is 12.4 Å². The Morgan fingerprint density at radius 1 is 0.844 bits per heavy atom. The van der Waals surface area contributed by atoms with Gasteiger partial charge in [-0.25, -0.2) is 4.39 Å². The molecule has 252 valence electrons. The maximum atomic E-state index is 13.3. The maximum absolute atomic E-state index is 13.3. The van der Waals surface area contributed by atoms with E-state index >= 15 is 0 Å². The minimum Gasteiger partial charge on any atom is -0.493 e. The van der Waals surface area contributed by atoms with Crippen molar-refractivity contribution in [3.05, 3.63) is 59.4 Å². The molecule has 0 saturated carbocycles. The summed E-state index contributed by atoms with van der Waals surface area (Å²) in [7, 11) is 3.31. The van der Waals surface area contributed by atoms with Gasteiger partial charge in [0.25, 0.3) is 0 Å². The van der Waals surface area contributed by atoms with Gasteiger partial charge in [-0.1, -0.05) is 95.8 Å². The number of piperidine rings is 1. The van der Waals surface area contributed by atoms with Gasteiger partial charge in [0.1, 0.15) is 5.82 Å². The number of ether oxygens (including phenoxy) is 2. The fourth-order valence-electron chi connectivity index (χ4n) is 6.82. The van der Waals surface area contributed by atoms with Crippen LogP contribution in [0.1, 0.15) is 127 Å². The SMILES string of the molecule is CCCCCCCCCCC(C#N)(CCCCCCN1CCC(C(O)c2ccc(F)cc2)CC1)c1ccc(OC)c(OC)c1.Cl. The van der Waals surface area contributed by atoms with Crippen LogP contribution in [0.15, 0.2) is 42.5 Å². The molecule has 1 heterocycles. The molecule has 1 fully saturated rings. The second kappa shape index (κ2) is 21.5. The molecule has 1 N–H and O–H groups in total. The number of aliphatic hydroxyl groups is 1. The molecule has 0 aliphatic carbocycles. The number of halogens is 2. The monoisotopic (exact) mass is 644 g/mol. The molecule has 1 aliphatic rings. The van der Waals surface area contributed by atoms with E-state index in [1.807, 2.05) is 12.1 Å². The third-order valence-corrected chi connectivity index (χ3v) is 9.73. The Labute approximate surface area is 278 Å². The van der Waals surface area contributed by atoms with E-state index in [2.05, 4.69) is 24.0 Å². The Hall–Kier alpha value is -2.33. The zero-order valence-corrected chi connectivity index (χ0v) is 28.9. The Bertz CT molecular complexity index is 1120. The van der Waals surface area contributed by atoms with E-state index in [4.69, 9.17) is 9.47 Å². The third kappa shape index (κ3) is 12.4. The molecule has 1 aliphatic heterocycles. The number of hydrogen-bond acceptors (Lipinski definition) is 5. The lowest BCUT2D eigenvalue weighted by molar-refractivity contribution is 0.0583. The van der Waals surface area contributed by atoms with Crippen LogP contribution in [0.5, 0.6) is 11.5 Å². The van der Waals surface area contributed by atoms with Crippen molar-refractivity contribution in [3.63, 3.8) is 0 Å². The zero-order valence-electron chi connectivity index (χ0n) is 28.1. The first-order chi connectivity index (χ1) is 21.5. The lowest BCUT2D eigenvalue weighted by atomic mass is 9.73. The van der Waals surface area contributed by atoms with Gasteiger partial charge in [0.2, 0.25) is 0 Å². The molecule has 2 unspecified atom stereocenters. The third-order valence-electron chi connectivity index (χ3n) is 9.73. The molecular weight excluding hydrogens is 587 g/mol. The second-order valence-corrected chi connectivity index (χ2v) is 12.8. The first-order valence-electron chi connectivity index (χ1n) is 17.3. The van der Waals surface area contributed by atoms with Crippen molar-refractivity contribution in [3.8, 4) is 17.6 Å². The van der Waals surface area contributed by atoms with E-state index in [1.54, 1.807) is 26.4 Å². The van der Waals surface area contributed by atoms with Gasteiger partial charge in [-0.3, -0.25) is 0 Å². The number of aliphatic hydroxyl groups excluding tert-OH is 1. The largest absolute Gasteiger partial charge is 0.493 e. The molecule has 0 radical (unpaired) electrons. The summed E-state index contributed by atoms with van der Waals surface area (Å²) in [6.45, 7) is 5.33. The number of methoxy groups -OCH3 is 2.